The molecular formula is C18H15Cl2N3S. The lowest BCUT2D eigenvalue weighted by Crippen LogP contribution is -2.00. The monoisotopic (exact) mass is 375 g/mol. The molecule has 0 aliphatic rings. The molecule has 122 valence electrons. The summed E-state index contributed by atoms with van der Waals surface area (Å²) in [7, 11) is 0. The molecule has 0 aliphatic heterocycles. The predicted molar refractivity (Wildman–Crippen MR) is 102 cm³/mol. The van der Waals surface area contributed by atoms with Gasteiger partial charge < -0.3 is 0 Å². The van der Waals surface area contributed by atoms with Crippen LogP contribution in [-0.2, 0) is 12.3 Å². The number of nitrogens with zero attached hydrogens (tertiary/aromatic N) is 3. The van der Waals surface area contributed by atoms with Crippen LogP contribution in [0.2, 0.25) is 10.0 Å². The molecule has 0 aliphatic carbocycles. The number of benzene rings is 2. The Bertz CT molecular complexity index is 844. The van der Waals surface area contributed by atoms with E-state index in [1.54, 1.807) is 11.8 Å². The molecule has 0 saturated carbocycles. The van der Waals surface area contributed by atoms with Crippen LogP contribution in [0.3, 0.4) is 0 Å². The number of allylic oxidation sites excluding steroid dienone is 1. The third-order valence-corrected chi connectivity index (χ3v) is 4.91. The van der Waals surface area contributed by atoms with Crippen molar-refractivity contribution in [2.75, 3.05) is 0 Å². The first-order chi connectivity index (χ1) is 11.7. The van der Waals surface area contributed by atoms with Crippen LogP contribution in [0.15, 0.2) is 66.3 Å². The summed E-state index contributed by atoms with van der Waals surface area (Å²) in [5, 5.41) is 11.0. The van der Waals surface area contributed by atoms with Crippen molar-refractivity contribution in [3.8, 4) is 11.4 Å². The van der Waals surface area contributed by atoms with Gasteiger partial charge in [-0.25, -0.2) is 0 Å². The molecule has 0 radical (unpaired) electrons. The van der Waals surface area contributed by atoms with Crippen molar-refractivity contribution in [3.63, 3.8) is 0 Å². The first kappa shape index (κ1) is 17.1. The maximum absolute atomic E-state index is 6.04. The maximum atomic E-state index is 6.04. The summed E-state index contributed by atoms with van der Waals surface area (Å²) in [5.74, 6) is 1.58. The van der Waals surface area contributed by atoms with Crippen molar-refractivity contribution < 1.29 is 0 Å². The van der Waals surface area contributed by atoms with Gasteiger partial charge in [0.15, 0.2) is 11.0 Å². The second-order valence-electron chi connectivity index (χ2n) is 5.13. The second-order valence-corrected chi connectivity index (χ2v) is 6.95. The summed E-state index contributed by atoms with van der Waals surface area (Å²) in [4.78, 5) is 0. The number of hydrogen-bond donors (Lipinski definition) is 0. The fraction of sp³-hybridized carbons (Fsp3) is 0.111. The molecule has 2 aromatic carbocycles. The number of aromatic nitrogens is 3. The van der Waals surface area contributed by atoms with E-state index >= 15 is 0 Å². The zero-order chi connectivity index (χ0) is 16.9. The Hall–Kier alpha value is -1.75. The van der Waals surface area contributed by atoms with Gasteiger partial charge in [-0.2, -0.15) is 0 Å². The van der Waals surface area contributed by atoms with Crippen LogP contribution in [0, 0.1) is 0 Å². The van der Waals surface area contributed by atoms with Crippen molar-refractivity contribution >= 4 is 35.0 Å². The summed E-state index contributed by atoms with van der Waals surface area (Å²) >= 11 is 13.6. The highest BCUT2D eigenvalue weighted by molar-refractivity contribution is 7.98. The van der Waals surface area contributed by atoms with E-state index in [0.717, 1.165) is 32.9 Å². The molecule has 6 heteroatoms. The quantitative estimate of drug-likeness (QED) is 0.407. The van der Waals surface area contributed by atoms with Gasteiger partial charge in [-0.1, -0.05) is 53.2 Å². The third-order valence-electron chi connectivity index (χ3n) is 3.39. The molecule has 3 aromatic rings. The van der Waals surface area contributed by atoms with Gasteiger partial charge in [-0.05, 0) is 42.0 Å². The van der Waals surface area contributed by atoms with Crippen LogP contribution in [0.25, 0.3) is 11.4 Å². The molecule has 1 aromatic heterocycles. The highest BCUT2D eigenvalue weighted by atomic mass is 35.5. The Labute approximate surface area is 155 Å². The fourth-order valence-corrected chi connectivity index (χ4v) is 3.51. The largest absolute Gasteiger partial charge is 0.298 e. The highest BCUT2D eigenvalue weighted by Gasteiger charge is 2.13. The molecule has 1 heterocycles. The molecule has 0 spiro atoms. The molecule has 0 bridgehead atoms. The Morgan fingerprint density at radius 3 is 2.54 bits per heavy atom. The van der Waals surface area contributed by atoms with Crippen LogP contribution >= 0.6 is 35.0 Å². The zero-order valence-corrected chi connectivity index (χ0v) is 15.2. The van der Waals surface area contributed by atoms with Crippen LogP contribution < -0.4 is 0 Å². The van der Waals surface area contributed by atoms with E-state index < -0.39 is 0 Å². The van der Waals surface area contributed by atoms with E-state index in [4.69, 9.17) is 23.2 Å². The minimum atomic E-state index is 0.642. The van der Waals surface area contributed by atoms with Gasteiger partial charge in [-0.15, -0.1) is 16.8 Å². The smallest absolute Gasteiger partial charge is 0.192 e. The Kier molecular flexibility index (Phi) is 5.61. The van der Waals surface area contributed by atoms with Crippen molar-refractivity contribution in [1.29, 1.82) is 0 Å². The van der Waals surface area contributed by atoms with E-state index in [0.29, 0.717) is 11.6 Å². The van der Waals surface area contributed by atoms with Crippen molar-refractivity contribution in [2.45, 2.75) is 17.5 Å². The van der Waals surface area contributed by atoms with Gasteiger partial charge in [0.05, 0.1) is 0 Å². The Morgan fingerprint density at radius 1 is 1.04 bits per heavy atom. The number of rotatable bonds is 6. The predicted octanol–water partition coefficient (Wildman–Crippen LogP) is 5.73. The molecule has 0 saturated heterocycles. The van der Waals surface area contributed by atoms with E-state index in [9.17, 15) is 0 Å². The average molecular weight is 376 g/mol. The van der Waals surface area contributed by atoms with Crippen molar-refractivity contribution in [2.24, 2.45) is 0 Å². The molecular weight excluding hydrogens is 361 g/mol. The van der Waals surface area contributed by atoms with Crippen LogP contribution in [0.5, 0.6) is 0 Å². The molecule has 3 nitrogen and oxygen atoms in total. The first-order valence-electron chi connectivity index (χ1n) is 7.34. The van der Waals surface area contributed by atoms with E-state index in [1.165, 1.54) is 0 Å². The lowest BCUT2D eigenvalue weighted by molar-refractivity contribution is 0.731. The molecule has 0 amide bonds. The van der Waals surface area contributed by atoms with Gasteiger partial charge in [0.25, 0.3) is 0 Å². The van der Waals surface area contributed by atoms with Crippen LogP contribution in [-0.4, -0.2) is 14.8 Å². The molecule has 3 rings (SSSR count). The lowest BCUT2D eigenvalue weighted by Gasteiger charge is -2.08. The van der Waals surface area contributed by atoms with Gasteiger partial charge in [0.2, 0.25) is 0 Å². The Balaban J connectivity index is 1.85. The first-order valence-corrected chi connectivity index (χ1v) is 9.09. The summed E-state index contributed by atoms with van der Waals surface area (Å²) in [6.07, 6.45) is 1.84. The molecule has 0 N–H and O–H groups in total. The summed E-state index contributed by atoms with van der Waals surface area (Å²) < 4.78 is 2.05. The second kappa shape index (κ2) is 7.88. The zero-order valence-electron chi connectivity index (χ0n) is 12.8. The fourth-order valence-electron chi connectivity index (χ4n) is 2.28. The number of hydrogen-bond acceptors (Lipinski definition) is 3. The standard InChI is InChI=1S/C18H15Cl2N3S/c1-2-10-23-17(14-6-8-15(19)9-7-14)21-22-18(23)24-12-13-4-3-5-16(20)11-13/h2-9,11H,1,10,12H2. The lowest BCUT2D eigenvalue weighted by atomic mass is 10.2. The molecule has 0 atom stereocenters. The topological polar surface area (TPSA) is 30.7 Å². The molecule has 0 fully saturated rings. The maximum Gasteiger partial charge on any atom is 0.192 e. The van der Waals surface area contributed by atoms with E-state index in [1.807, 2.05) is 59.2 Å². The normalized spacial score (nSPS) is 10.8. The summed E-state index contributed by atoms with van der Waals surface area (Å²) in [5.41, 5.74) is 2.12. The van der Waals surface area contributed by atoms with Gasteiger partial charge in [-0.3, -0.25) is 4.57 Å². The molecule has 24 heavy (non-hydrogen) atoms. The summed E-state index contributed by atoms with van der Waals surface area (Å²) in [6, 6.07) is 15.4. The summed E-state index contributed by atoms with van der Waals surface area (Å²) in [6.45, 7) is 4.47. The van der Waals surface area contributed by atoms with Crippen LogP contribution in [0.4, 0.5) is 0 Å². The minimum Gasteiger partial charge on any atom is -0.298 e. The number of halogens is 2. The van der Waals surface area contributed by atoms with E-state index in [2.05, 4.69) is 16.8 Å². The number of thioether (sulfide) groups is 1. The van der Waals surface area contributed by atoms with Gasteiger partial charge >= 0.3 is 0 Å². The molecule has 0 unspecified atom stereocenters. The Morgan fingerprint density at radius 2 is 1.83 bits per heavy atom. The van der Waals surface area contributed by atoms with Crippen LogP contribution in [0.1, 0.15) is 5.56 Å². The minimum absolute atomic E-state index is 0.642. The van der Waals surface area contributed by atoms with E-state index in [-0.39, 0.29) is 0 Å². The van der Waals surface area contributed by atoms with Crippen molar-refractivity contribution in [1.82, 2.24) is 14.8 Å². The highest BCUT2D eigenvalue weighted by Crippen LogP contribution is 2.27. The SMILES string of the molecule is C=CCn1c(SCc2cccc(Cl)c2)nnc1-c1ccc(Cl)cc1. The third kappa shape index (κ3) is 4.01. The van der Waals surface area contributed by atoms with Gasteiger partial charge in [0, 0.05) is 27.9 Å². The van der Waals surface area contributed by atoms with Crippen molar-refractivity contribution in [3.05, 3.63) is 76.8 Å². The average Bonchev–Trinajstić information content (AvgIpc) is 2.97. The van der Waals surface area contributed by atoms with Gasteiger partial charge in [0.1, 0.15) is 0 Å².